The zero-order chi connectivity index (χ0) is 12.1. The summed E-state index contributed by atoms with van der Waals surface area (Å²) in [5, 5.41) is 7.09. The summed E-state index contributed by atoms with van der Waals surface area (Å²) in [6.45, 7) is 5.70. The number of ether oxygens (including phenoxy) is 1. The standard InChI is InChI=1S/C12H16N3O.Y/c1-8(2)10-4-6-11(7-5-10)15-12(14)16-9(3)13;/h4,6-8,13H,1-3H3,(H2,14,15);/q-1;. The first-order valence-electron chi connectivity index (χ1n) is 5.08. The first kappa shape index (κ1) is 16.3. The Morgan fingerprint density at radius 2 is 2.12 bits per heavy atom. The topological polar surface area (TPSA) is 71.5 Å². The van der Waals surface area contributed by atoms with Gasteiger partial charge in [-0.1, -0.05) is 13.8 Å². The Hall–Kier alpha value is -0.736. The van der Waals surface area contributed by atoms with E-state index < -0.39 is 0 Å². The van der Waals surface area contributed by atoms with Gasteiger partial charge in [0.05, 0.1) is 0 Å². The van der Waals surface area contributed by atoms with Gasteiger partial charge in [0.2, 0.25) is 0 Å². The summed E-state index contributed by atoms with van der Waals surface area (Å²) in [6.07, 6.45) is 0. The van der Waals surface area contributed by atoms with E-state index in [1.165, 1.54) is 6.92 Å². The molecule has 0 spiro atoms. The van der Waals surface area contributed by atoms with E-state index in [-0.39, 0.29) is 44.6 Å². The Kier molecular flexibility index (Phi) is 7.24. The fourth-order valence-corrected chi connectivity index (χ4v) is 1.16. The summed E-state index contributed by atoms with van der Waals surface area (Å²) in [6, 6.07) is 8.65. The molecule has 5 heteroatoms. The number of hydrogen-bond donors (Lipinski definition) is 2. The predicted molar refractivity (Wildman–Crippen MR) is 65.1 cm³/mol. The molecule has 4 nitrogen and oxygen atoms in total. The number of benzene rings is 1. The second kappa shape index (κ2) is 7.56. The maximum absolute atomic E-state index is 7.09. The van der Waals surface area contributed by atoms with Crippen molar-refractivity contribution in [2.75, 3.05) is 0 Å². The molecule has 17 heavy (non-hydrogen) atoms. The Balaban J connectivity index is 0.00000256. The van der Waals surface area contributed by atoms with Gasteiger partial charge in [-0.15, -0.1) is 6.07 Å². The minimum Gasteiger partial charge on any atom is -0.413 e. The quantitative estimate of drug-likeness (QED) is 0.501. The van der Waals surface area contributed by atoms with E-state index in [0.717, 1.165) is 5.56 Å². The molecular formula is C12H16N3OY-. The van der Waals surface area contributed by atoms with Crippen LogP contribution in [-0.2, 0) is 37.4 Å². The zero-order valence-electron chi connectivity index (χ0n) is 10.3. The van der Waals surface area contributed by atoms with Crippen molar-refractivity contribution < 1.29 is 37.4 Å². The number of aliphatic imine (C=N–C) groups is 1. The third-order valence-corrected chi connectivity index (χ3v) is 1.94. The van der Waals surface area contributed by atoms with Crippen molar-refractivity contribution in [3.8, 4) is 0 Å². The van der Waals surface area contributed by atoms with Crippen molar-refractivity contribution in [1.82, 2.24) is 0 Å². The van der Waals surface area contributed by atoms with Crippen LogP contribution in [0.3, 0.4) is 0 Å². The largest absolute Gasteiger partial charge is 0.413 e. The summed E-state index contributed by atoms with van der Waals surface area (Å²) in [4.78, 5) is 4.00. The summed E-state index contributed by atoms with van der Waals surface area (Å²) < 4.78 is 4.83. The van der Waals surface area contributed by atoms with Crippen LogP contribution in [0.1, 0.15) is 32.3 Å². The summed E-state index contributed by atoms with van der Waals surface area (Å²) in [7, 11) is 0. The first-order chi connectivity index (χ1) is 7.49. The Labute approximate surface area is 127 Å². The van der Waals surface area contributed by atoms with E-state index in [1.54, 1.807) is 6.07 Å². The molecule has 0 aliphatic heterocycles. The van der Waals surface area contributed by atoms with Gasteiger partial charge in [0.15, 0.2) is 5.90 Å². The third kappa shape index (κ3) is 5.94. The molecule has 1 aromatic rings. The molecule has 3 N–H and O–H groups in total. The van der Waals surface area contributed by atoms with Gasteiger partial charge in [0.25, 0.3) is 6.02 Å². The van der Waals surface area contributed by atoms with Gasteiger partial charge in [-0.2, -0.15) is 23.8 Å². The Morgan fingerprint density at radius 3 is 2.53 bits per heavy atom. The van der Waals surface area contributed by atoms with Crippen LogP contribution in [0.15, 0.2) is 23.2 Å². The van der Waals surface area contributed by atoms with E-state index in [9.17, 15) is 0 Å². The first-order valence-corrected chi connectivity index (χ1v) is 5.08. The number of hydrogen-bond acceptors (Lipinski definition) is 3. The molecule has 1 radical (unpaired) electrons. The number of amidine groups is 1. The molecule has 0 bridgehead atoms. The maximum Gasteiger partial charge on any atom is 0.281 e. The molecular weight excluding hydrogens is 291 g/mol. The number of nitrogens with zero attached hydrogens (tertiary/aromatic N) is 1. The van der Waals surface area contributed by atoms with E-state index in [2.05, 4.69) is 24.9 Å². The van der Waals surface area contributed by atoms with Crippen molar-refractivity contribution in [3.63, 3.8) is 0 Å². The monoisotopic (exact) mass is 307 g/mol. The minimum absolute atomic E-state index is 0. The summed E-state index contributed by atoms with van der Waals surface area (Å²) in [5.41, 5.74) is 7.27. The smallest absolute Gasteiger partial charge is 0.281 e. The zero-order valence-corrected chi connectivity index (χ0v) is 13.2. The molecule has 1 rings (SSSR count). The van der Waals surface area contributed by atoms with Crippen molar-refractivity contribution >= 4 is 17.6 Å². The van der Waals surface area contributed by atoms with Gasteiger partial charge >= 0.3 is 0 Å². The average Bonchev–Trinajstić information content (AvgIpc) is 2.16. The summed E-state index contributed by atoms with van der Waals surface area (Å²) >= 11 is 0. The van der Waals surface area contributed by atoms with Gasteiger partial charge in [0.1, 0.15) is 0 Å². The molecule has 0 fully saturated rings. The number of nitrogens with two attached hydrogens (primary N) is 1. The molecule has 0 saturated heterocycles. The molecule has 0 aromatic heterocycles. The SMILES string of the molecule is CC(=N)OC(N)=Nc1c[c-]c(C(C)C)cc1.[Y]. The molecule has 1 aromatic carbocycles. The van der Waals surface area contributed by atoms with Crippen LogP contribution in [0.4, 0.5) is 5.69 Å². The predicted octanol–water partition coefficient (Wildman–Crippen LogP) is 2.57. The fourth-order valence-electron chi connectivity index (χ4n) is 1.16. The van der Waals surface area contributed by atoms with Crippen LogP contribution in [0.5, 0.6) is 0 Å². The van der Waals surface area contributed by atoms with E-state index in [1.807, 2.05) is 12.1 Å². The van der Waals surface area contributed by atoms with Crippen molar-refractivity contribution in [2.24, 2.45) is 10.7 Å². The number of nitrogens with one attached hydrogen (secondary N) is 1. The van der Waals surface area contributed by atoms with Crippen LogP contribution in [-0.4, -0.2) is 11.9 Å². The van der Waals surface area contributed by atoms with Crippen molar-refractivity contribution in [1.29, 1.82) is 5.41 Å². The van der Waals surface area contributed by atoms with Crippen molar-refractivity contribution in [3.05, 3.63) is 29.8 Å². The van der Waals surface area contributed by atoms with Gasteiger partial charge in [0, 0.05) is 39.6 Å². The molecule has 0 unspecified atom stereocenters. The van der Waals surface area contributed by atoms with Gasteiger partial charge in [-0.05, 0) is 11.6 Å². The molecule has 89 valence electrons. The van der Waals surface area contributed by atoms with Gasteiger partial charge in [-0.3, -0.25) is 10.4 Å². The van der Waals surface area contributed by atoms with E-state index in [4.69, 9.17) is 15.9 Å². The molecule has 0 saturated carbocycles. The number of rotatable bonds is 2. The molecule has 0 heterocycles. The van der Waals surface area contributed by atoms with Crippen molar-refractivity contribution in [2.45, 2.75) is 26.7 Å². The van der Waals surface area contributed by atoms with E-state index in [0.29, 0.717) is 11.6 Å². The van der Waals surface area contributed by atoms with Crippen LogP contribution < -0.4 is 5.73 Å². The Bertz CT molecular complexity index is 399. The van der Waals surface area contributed by atoms with Crippen LogP contribution in [0.25, 0.3) is 0 Å². The van der Waals surface area contributed by atoms with E-state index >= 15 is 0 Å². The fraction of sp³-hybridized carbons (Fsp3) is 0.333. The Morgan fingerprint density at radius 1 is 1.47 bits per heavy atom. The molecule has 0 atom stereocenters. The normalized spacial score (nSPS) is 10.9. The second-order valence-electron chi connectivity index (χ2n) is 3.77. The molecule has 0 aliphatic carbocycles. The minimum atomic E-state index is -0.0294. The van der Waals surface area contributed by atoms with Gasteiger partial charge in [-0.25, -0.2) is 0 Å². The maximum atomic E-state index is 7.09. The van der Waals surface area contributed by atoms with Crippen LogP contribution in [0.2, 0.25) is 0 Å². The van der Waals surface area contributed by atoms with Crippen LogP contribution in [0, 0.1) is 11.5 Å². The summed E-state index contributed by atoms with van der Waals surface area (Å²) in [5.74, 6) is 0.458. The second-order valence-corrected chi connectivity index (χ2v) is 3.77. The average molecular weight is 307 g/mol. The molecule has 0 amide bonds. The van der Waals surface area contributed by atoms with Crippen LogP contribution >= 0.6 is 0 Å². The third-order valence-electron chi connectivity index (χ3n) is 1.94. The van der Waals surface area contributed by atoms with Gasteiger partial charge < -0.3 is 10.5 Å². The molecule has 0 aliphatic rings.